The van der Waals surface area contributed by atoms with Gasteiger partial charge in [-0.3, -0.25) is 19.7 Å². The Morgan fingerprint density at radius 3 is 2.24 bits per heavy atom. The lowest BCUT2D eigenvalue weighted by molar-refractivity contribution is -0.253. The molecular weight excluding hydrogens is 636 g/mol. The van der Waals surface area contributed by atoms with Gasteiger partial charge in [0.25, 0.3) is 0 Å². The van der Waals surface area contributed by atoms with Crippen LogP contribution in [0.3, 0.4) is 0 Å². The molecule has 0 aliphatic carbocycles. The molecule has 0 radical (unpaired) electrons. The lowest BCUT2D eigenvalue weighted by atomic mass is 9.98. The van der Waals surface area contributed by atoms with Gasteiger partial charge in [-0.2, -0.15) is 0 Å². The van der Waals surface area contributed by atoms with Crippen molar-refractivity contribution in [2.24, 2.45) is 0 Å². The molecule has 0 saturated carbocycles. The van der Waals surface area contributed by atoms with Crippen LogP contribution in [0.1, 0.15) is 60.3 Å². The first kappa shape index (κ1) is 35.1. The first-order valence-electron chi connectivity index (χ1n) is 17.1. The number of nitrogens with one attached hydrogen (secondary N) is 2. The predicted molar refractivity (Wildman–Crippen MR) is 187 cm³/mol. The molecule has 12 heteroatoms. The Labute approximate surface area is 292 Å². The summed E-state index contributed by atoms with van der Waals surface area (Å²) in [5, 5.41) is 21.1. The number of piperazine rings is 1. The van der Waals surface area contributed by atoms with E-state index in [4.69, 9.17) is 14.7 Å². The summed E-state index contributed by atoms with van der Waals surface area (Å²) in [7, 11) is 0. The fourth-order valence-electron chi connectivity index (χ4n) is 6.35. The van der Waals surface area contributed by atoms with Gasteiger partial charge in [0.2, 0.25) is 17.8 Å². The first-order chi connectivity index (χ1) is 24.5. The number of amides is 2. The van der Waals surface area contributed by atoms with E-state index in [-0.39, 0.29) is 37.6 Å². The molecule has 50 heavy (non-hydrogen) atoms. The molecule has 262 valence electrons. The highest BCUT2D eigenvalue weighted by atomic mass is 16.7. The van der Waals surface area contributed by atoms with Gasteiger partial charge in [-0.25, -0.2) is 15.4 Å². The summed E-state index contributed by atoms with van der Waals surface area (Å²) < 4.78 is 13.2. The molecule has 4 aromatic rings. The number of aromatic nitrogens is 2. The summed E-state index contributed by atoms with van der Waals surface area (Å²) >= 11 is 0. The maximum atomic E-state index is 12.2. The molecule has 3 atom stereocenters. The van der Waals surface area contributed by atoms with Gasteiger partial charge in [0.05, 0.1) is 18.8 Å². The maximum absolute atomic E-state index is 12.2. The topological polar surface area (TPSA) is 149 Å². The largest absolute Gasteiger partial charge is 0.392 e. The molecule has 3 heterocycles. The fourth-order valence-corrected chi connectivity index (χ4v) is 6.35. The van der Waals surface area contributed by atoms with Crippen LogP contribution in [0.4, 0.5) is 5.95 Å². The molecule has 2 amide bonds. The average Bonchev–Trinajstić information content (AvgIpc) is 3.17. The standard InChI is InChI=1S/C38H44N6O6/c45-26-27-8-10-30(11-9-27)34-23-33(25-43-18-20-44(21-19-43)38-39-16-3-17-40-38)49-37(50-34)31-14-12-29(13-15-31)32-5-1-4-28(22-32)24-41-35(46)6-2-7-36(47)42-48/h1,3-5,8-17,22,33-34,37,45,48H,2,6-7,18-21,23-26H2,(H,41,46)(H,42,47)/t33-,34+,37+/m0/s1. The van der Waals surface area contributed by atoms with Crippen LogP contribution in [0, 0.1) is 0 Å². The predicted octanol–water partition coefficient (Wildman–Crippen LogP) is 4.30. The van der Waals surface area contributed by atoms with Gasteiger partial charge < -0.3 is 24.8 Å². The molecule has 1 aromatic heterocycles. The summed E-state index contributed by atoms with van der Waals surface area (Å²) in [6.07, 6.45) is 4.17. The molecule has 12 nitrogen and oxygen atoms in total. The van der Waals surface area contributed by atoms with Crippen LogP contribution in [0.25, 0.3) is 11.1 Å². The SMILES string of the molecule is O=C(CCCC(=O)NCc1cccc(-c2ccc([C@@H]3O[C@H](CN4CCN(c5ncccn5)CC4)C[C@H](c4ccc(CO)cc4)O3)cc2)c1)NO. The molecule has 0 unspecified atom stereocenters. The lowest BCUT2D eigenvalue weighted by Gasteiger charge is -2.40. The number of ether oxygens (including phenoxy) is 2. The van der Waals surface area contributed by atoms with Crippen LogP contribution in [0.15, 0.2) is 91.3 Å². The number of hydrogen-bond donors (Lipinski definition) is 4. The second-order valence-corrected chi connectivity index (χ2v) is 12.7. The van der Waals surface area contributed by atoms with Crippen molar-refractivity contribution in [2.45, 2.75) is 57.3 Å². The van der Waals surface area contributed by atoms with E-state index in [9.17, 15) is 14.7 Å². The zero-order chi connectivity index (χ0) is 34.7. The van der Waals surface area contributed by atoms with Crippen molar-refractivity contribution in [3.63, 3.8) is 0 Å². The summed E-state index contributed by atoms with van der Waals surface area (Å²) in [5.41, 5.74) is 7.44. The number of nitrogens with zero attached hydrogens (tertiary/aromatic N) is 4. The van der Waals surface area contributed by atoms with Crippen LogP contribution >= 0.6 is 0 Å². The minimum absolute atomic E-state index is 0.00253. The molecule has 2 aliphatic rings. The van der Waals surface area contributed by atoms with Crippen LogP contribution in [-0.2, 0) is 32.2 Å². The second kappa shape index (κ2) is 17.3. The molecule has 2 fully saturated rings. The van der Waals surface area contributed by atoms with Gasteiger partial charge in [-0.1, -0.05) is 66.7 Å². The van der Waals surface area contributed by atoms with E-state index in [1.54, 1.807) is 17.9 Å². The van der Waals surface area contributed by atoms with Crippen molar-refractivity contribution in [3.05, 3.63) is 114 Å². The number of carbonyl (C=O) groups is 2. The third-order valence-corrected chi connectivity index (χ3v) is 9.15. The molecule has 0 spiro atoms. The molecule has 2 aliphatic heterocycles. The van der Waals surface area contributed by atoms with E-state index >= 15 is 0 Å². The Morgan fingerprint density at radius 2 is 1.52 bits per heavy atom. The van der Waals surface area contributed by atoms with Crippen molar-refractivity contribution >= 4 is 17.8 Å². The summed E-state index contributed by atoms with van der Waals surface area (Å²) in [6.45, 7) is 4.64. The van der Waals surface area contributed by atoms with Gasteiger partial charge in [-0.05, 0) is 46.4 Å². The third kappa shape index (κ3) is 9.49. The molecular formula is C38H44N6O6. The van der Waals surface area contributed by atoms with E-state index in [1.165, 1.54) is 0 Å². The normalized spacial score (nSPS) is 19.6. The van der Waals surface area contributed by atoms with Crippen molar-refractivity contribution in [2.75, 3.05) is 37.6 Å². The summed E-state index contributed by atoms with van der Waals surface area (Å²) in [6, 6.07) is 26.0. The number of carbonyl (C=O) groups excluding carboxylic acids is 2. The molecule has 4 N–H and O–H groups in total. The summed E-state index contributed by atoms with van der Waals surface area (Å²) in [4.78, 5) is 36.9. The Hall–Kier alpha value is -4.72. The van der Waals surface area contributed by atoms with Crippen LogP contribution in [0.2, 0.25) is 0 Å². The van der Waals surface area contributed by atoms with E-state index in [2.05, 4.69) is 37.2 Å². The van der Waals surface area contributed by atoms with Crippen LogP contribution in [0.5, 0.6) is 0 Å². The lowest BCUT2D eigenvalue weighted by Crippen LogP contribution is -2.50. The van der Waals surface area contributed by atoms with Crippen molar-refractivity contribution in [1.82, 2.24) is 25.7 Å². The van der Waals surface area contributed by atoms with Gasteiger partial charge >= 0.3 is 0 Å². The van der Waals surface area contributed by atoms with Crippen LogP contribution in [-0.4, -0.2) is 75.8 Å². The van der Waals surface area contributed by atoms with E-state index in [1.807, 2.05) is 66.7 Å². The van der Waals surface area contributed by atoms with Crippen molar-refractivity contribution < 1.29 is 29.4 Å². The minimum Gasteiger partial charge on any atom is -0.392 e. The van der Waals surface area contributed by atoms with E-state index in [0.29, 0.717) is 13.0 Å². The van der Waals surface area contributed by atoms with E-state index in [0.717, 1.165) is 78.5 Å². The maximum Gasteiger partial charge on any atom is 0.243 e. The Balaban J connectivity index is 1.10. The molecule has 6 rings (SSSR count). The number of hydroxylamine groups is 1. The number of benzene rings is 3. The van der Waals surface area contributed by atoms with E-state index < -0.39 is 12.2 Å². The highest BCUT2D eigenvalue weighted by molar-refractivity contribution is 5.78. The van der Waals surface area contributed by atoms with Gasteiger partial charge in [0.1, 0.15) is 0 Å². The number of aliphatic hydroxyl groups excluding tert-OH is 1. The van der Waals surface area contributed by atoms with Crippen molar-refractivity contribution in [3.8, 4) is 11.1 Å². The zero-order valence-electron chi connectivity index (χ0n) is 28.0. The Kier molecular flexibility index (Phi) is 12.1. The number of rotatable bonds is 13. The monoisotopic (exact) mass is 680 g/mol. The number of hydrogen-bond acceptors (Lipinski definition) is 10. The van der Waals surface area contributed by atoms with Gasteiger partial charge in [0, 0.05) is 76.5 Å². The van der Waals surface area contributed by atoms with Gasteiger partial charge in [-0.15, -0.1) is 0 Å². The highest BCUT2D eigenvalue weighted by Crippen LogP contribution is 2.39. The van der Waals surface area contributed by atoms with Gasteiger partial charge in [0.15, 0.2) is 6.29 Å². The third-order valence-electron chi connectivity index (χ3n) is 9.15. The molecule has 2 saturated heterocycles. The zero-order valence-corrected chi connectivity index (χ0v) is 28.0. The number of anilines is 1. The fraction of sp³-hybridized carbons (Fsp3) is 0.368. The Morgan fingerprint density at radius 1 is 0.800 bits per heavy atom. The molecule has 3 aromatic carbocycles. The smallest absolute Gasteiger partial charge is 0.243 e. The number of aliphatic hydroxyl groups is 1. The summed E-state index contributed by atoms with van der Waals surface area (Å²) in [5.74, 6) is 0.112. The van der Waals surface area contributed by atoms with Crippen LogP contribution < -0.4 is 15.7 Å². The molecule has 0 bridgehead atoms. The Bertz CT molecular complexity index is 1680. The first-order valence-corrected chi connectivity index (χ1v) is 17.1. The highest BCUT2D eigenvalue weighted by Gasteiger charge is 2.34. The quantitative estimate of drug-likeness (QED) is 0.119. The van der Waals surface area contributed by atoms with Crippen molar-refractivity contribution in [1.29, 1.82) is 0 Å². The average molecular weight is 681 g/mol. The second-order valence-electron chi connectivity index (χ2n) is 12.7. The minimum atomic E-state index is -0.547.